The highest BCUT2D eigenvalue weighted by atomic mass is 35.5. The number of nitrogens with zero attached hydrogens (tertiary/aromatic N) is 3. The van der Waals surface area contributed by atoms with Crippen molar-refractivity contribution in [2.24, 2.45) is 27.2 Å². The van der Waals surface area contributed by atoms with Crippen LogP contribution in [0.25, 0.3) is 11.4 Å². The quantitative estimate of drug-likeness (QED) is 0.0853. The summed E-state index contributed by atoms with van der Waals surface area (Å²) >= 11 is 6.29. The number of aromatic amines is 1. The van der Waals surface area contributed by atoms with Crippen molar-refractivity contribution in [2.75, 3.05) is 18.8 Å². The molecule has 0 saturated heterocycles. The molecule has 3 rings (SSSR count). The lowest BCUT2D eigenvalue weighted by Crippen LogP contribution is -2.24. The third-order valence-electron chi connectivity index (χ3n) is 5.96. The fraction of sp³-hybridized carbons (Fsp3) is 0.370. The standard InChI is InChI=1S/C27H38ClN9/c1-17(29)5-3-6-19-13-23(36-25(28)14-19)24-15-21(26(30)37-24)16-35-22-9-7-20(8-10-22)18(2)33-11-4-12-34-27(31)32/h7-10,13-18,33,37H,3-6,11-12,29-30H2,1-2H3,(H4,31,32,34). The molecule has 0 radical (unpaired) electrons. The number of pyridine rings is 1. The maximum atomic E-state index is 6.29. The van der Waals surface area contributed by atoms with E-state index in [1.807, 2.05) is 37.3 Å². The number of aliphatic imine (C=N–C) groups is 2. The Labute approximate surface area is 223 Å². The highest BCUT2D eigenvalue weighted by Crippen LogP contribution is 2.25. The van der Waals surface area contributed by atoms with E-state index in [1.54, 1.807) is 6.21 Å². The number of halogens is 1. The third kappa shape index (κ3) is 9.20. The lowest BCUT2D eigenvalue weighted by molar-refractivity contribution is 0.562. The maximum Gasteiger partial charge on any atom is 0.185 e. The molecular formula is C27H38ClN9. The summed E-state index contributed by atoms with van der Waals surface area (Å²) in [6.45, 7) is 5.57. The number of hydrogen-bond donors (Lipinski definition) is 6. The number of benzene rings is 1. The number of hydrogen-bond acceptors (Lipinski definition) is 6. The Morgan fingerprint density at radius 3 is 2.59 bits per heavy atom. The molecule has 2 heterocycles. The van der Waals surface area contributed by atoms with Gasteiger partial charge in [0.05, 0.1) is 17.1 Å². The van der Waals surface area contributed by atoms with Gasteiger partial charge in [-0.2, -0.15) is 0 Å². The molecule has 0 bridgehead atoms. The molecule has 9 nitrogen and oxygen atoms in total. The van der Waals surface area contributed by atoms with Crippen LogP contribution < -0.4 is 28.3 Å². The Hall–Kier alpha value is -3.40. The first kappa shape index (κ1) is 28.2. The zero-order chi connectivity index (χ0) is 26.8. The predicted octanol–water partition coefficient (Wildman–Crippen LogP) is 4.05. The lowest BCUT2D eigenvalue weighted by Gasteiger charge is -2.14. The van der Waals surface area contributed by atoms with E-state index in [0.29, 0.717) is 17.5 Å². The fourth-order valence-electron chi connectivity index (χ4n) is 3.91. The van der Waals surface area contributed by atoms with Crippen LogP contribution in [-0.2, 0) is 6.42 Å². The van der Waals surface area contributed by atoms with Gasteiger partial charge < -0.3 is 33.2 Å². The molecule has 3 aromatic rings. The molecule has 0 amide bonds. The van der Waals surface area contributed by atoms with Crippen molar-refractivity contribution in [3.05, 3.63) is 64.3 Å². The van der Waals surface area contributed by atoms with Crippen LogP contribution in [0.5, 0.6) is 0 Å². The minimum Gasteiger partial charge on any atom is -0.385 e. The number of guanidine groups is 1. The van der Waals surface area contributed by atoms with Gasteiger partial charge >= 0.3 is 0 Å². The first-order valence-electron chi connectivity index (χ1n) is 12.5. The number of nitrogens with two attached hydrogens (primary N) is 4. The summed E-state index contributed by atoms with van der Waals surface area (Å²) in [4.78, 5) is 16.3. The Bertz CT molecular complexity index is 1200. The number of nitrogen functional groups attached to an aromatic ring is 1. The molecule has 0 saturated carbocycles. The van der Waals surface area contributed by atoms with E-state index < -0.39 is 0 Å². The highest BCUT2D eigenvalue weighted by molar-refractivity contribution is 6.29. The van der Waals surface area contributed by atoms with E-state index in [9.17, 15) is 0 Å². The molecular weight excluding hydrogens is 486 g/mol. The SMILES string of the molecule is CC(N)CCCc1cc(Cl)nc(-c2cc(C=Nc3ccc(C(C)NCCCN=C(N)N)cc3)c(N)[nH]2)c1. The third-order valence-corrected chi connectivity index (χ3v) is 6.15. The average Bonchev–Trinajstić information content (AvgIpc) is 3.22. The summed E-state index contributed by atoms with van der Waals surface area (Å²) in [5.41, 5.74) is 28.3. The van der Waals surface area contributed by atoms with Gasteiger partial charge in [-0.15, -0.1) is 0 Å². The molecule has 10 heteroatoms. The maximum absolute atomic E-state index is 6.29. The predicted molar refractivity (Wildman–Crippen MR) is 155 cm³/mol. The molecule has 2 aromatic heterocycles. The Balaban J connectivity index is 1.62. The van der Waals surface area contributed by atoms with Crippen LogP contribution in [0.2, 0.25) is 5.15 Å². The normalized spacial score (nSPS) is 13.1. The van der Waals surface area contributed by atoms with Crippen LogP contribution in [0.3, 0.4) is 0 Å². The van der Waals surface area contributed by atoms with E-state index in [1.165, 1.54) is 5.56 Å². The van der Waals surface area contributed by atoms with Gasteiger partial charge in [0, 0.05) is 30.4 Å². The van der Waals surface area contributed by atoms with Crippen molar-refractivity contribution in [1.82, 2.24) is 15.3 Å². The first-order chi connectivity index (χ1) is 17.7. The molecule has 0 spiro atoms. The summed E-state index contributed by atoms with van der Waals surface area (Å²) in [7, 11) is 0. The topological polar surface area (TPSA) is 170 Å². The lowest BCUT2D eigenvalue weighted by atomic mass is 10.1. The number of rotatable bonds is 13. The van der Waals surface area contributed by atoms with E-state index in [0.717, 1.165) is 60.4 Å². The van der Waals surface area contributed by atoms with Gasteiger partial charge in [-0.25, -0.2) is 4.98 Å². The van der Waals surface area contributed by atoms with E-state index >= 15 is 0 Å². The van der Waals surface area contributed by atoms with E-state index in [2.05, 4.69) is 44.3 Å². The molecule has 0 aliphatic carbocycles. The molecule has 2 atom stereocenters. The summed E-state index contributed by atoms with van der Waals surface area (Å²) in [6.07, 6.45) is 5.47. The number of aromatic nitrogens is 2. The van der Waals surface area contributed by atoms with Crippen molar-refractivity contribution in [2.45, 2.75) is 51.6 Å². The van der Waals surface area contributed by atoms with Crippen molar-refractivity contribution < 1.29 is 0 Å². The van der Waals surface area contributed by atoms with E-state index in [4.69, 9.17) is 34.5 Å². The molecule has 0 fully saturated rings. The summed E-state index contributed by atoms with van der Waals surface area (Å²) in [5, 5.41) is 3.92. The molecule has 37 heavy (non-hydrogen) atoms. The Morgan fingerprint density at radius 2 is 1.89 bits per heavy atom. The average molecular weight is 524 g/mol. The summed E-state index contributed by atoms with van der Waals surface area (Å²) in [6, 6.07) is 14.4. The molecule has 2 unspecified atom stereocenters. The zero-order valence-corrected chi connectivity index (χ0v) is 22.3. The number of nitrogens with one attached hydrogen (secondary N) is 2. The molecule has 0 aliphatic heterocycles. The molecule has 1 aromatic carbocycles. The minimum atomic E-state index is 0.126. The Morgan fingerprint density at radius 1 is 1.14 bits per heavy atom. The number of anilines is 1. The minimum absolute atomic E-state index is 0.126. The second-order valence-electron chi connectivity index (χ2n) is 9.29. The van der Waals surface area contributed by atoms with Gasteiger partial charge in [-0.3, -0.25) is 9.98 Å². The Kier molecular flexibility index (Phi) is 10.5. The van der Waals surface area contributed by atoms with Gasteiger partial charge in [0.2, 0.25) is 0 Å². The van der Waals surface area contributed by atoms with Crippen LogP contribution >= 0.6 is 11.6 Å². The van der Waals surface area contributed by atoms with Crippen LogP contribution in [0.15, 0.2) is 52.4 Å². The van der Waals surface area contributed by atoms with Crippen LogP contribution in [0, 0.1) is 0 Å². The second-order valence-corrected chi connectivity index (χ2v) is 9.68. The van der Waals surface area contributed by atoms with Gasteiger partial charge in [-0.05, 0) is 87.5 Å². The smallest absolute Gasteiger partial charge is 0.185 e. The molecule has 198 valence electrons. The first-order valence-corrected chi connectivity index (χ1v) is 12.9. The molecule has 10 N–H and O–H groups in total. The van der Waals surface area contributed by atoms with Gasteiger partial charge in [0.1, 0.15) is 11.0 Å². The zero-order valence-electron chi connectivity index (χ0n) is 21.5. The number of H-pyrrole nitrogens is 1. The van der Waals surface area contributed by atoms with Gasteiger partial charge in [-0.1, -0.05) is 23.7 Å². The van der Waals surface area contributed by atoms with Crippen LogP contribution in [0.4, 0.5) is 11.5 Å². The number of aryl methyl sites for hydroxylation is 1. The largest absolute Gasteiger partial charge is 0.385 e. The van der Waals surface area contributed by atoms with E-state index in [-0.39, 0.29) is 18.0 Å². The van der Waals surface area contributed by atoms with Gasteiger partial charge in [0.15, 0.2) is 5.96 Å². The fourth-order valence-corrected chi connectivity index (χ4v) is 4.14. The highest BCUT2D eigenvalue weighted by Gasteiger charge is 2.10. The monoisotopic (exact) mass is 523 g/mol. The second kappa shape index (κ2) is 13.8. The van der Waals surface area contributed by atoms with Crippen molar-refractivity contribution in [3.8, 4) is 11.4 Å². The summed E-state index contributed by atoms with van der Waals surface area (Å²) < 4.78 is 0. The van der Waals surface area contributed by atoms with Crippen LogP contribution in [-0.4, -0.2) is 41.3 Å². The van der Waals surface area contributed by atoms with Crippen molar-refractivity contribution in [3.63, 3.8) is 0 Å². The van der Waals surface area contributed by atoms with Crippen molar-refractivity contribution in [1.29, 1.82) is 0 Å². The van der Waals surface area contributed by atoms with Gasteiger partial charge in [0.25, 0.3) is 0 Å². The van der Waals surface area contributed by atoms with Crippen molar-refractivity contribution >= 4 is 35.3 Å². The summed E-state index contributed by atoms with van der Waals surface area (Å²) in [5.74, 6) is 0.648. The van der Waals surface area contributed by atoms with Crippen LogP contribution in [0.1, 0.15) is 55.8 Å². The molecule has 0 aliphatic rings.